The quantitative estimate of drug-likeness (QED) is 0.644. The van der Waals surface area contributed by atoms with E-state index in [1.807, 2.05) is 31.2 Å². The van der Waals surface area contributed by atoms with Crippen LogP contribution < -0.4 is 10.2 Å². The second-order valence-electron chi connectivity index (χ2n) is 7.42. The molecule has 2 heterocycles. The molecule has 1 N–H and O–H groups in total. The van der Waals surface area contributed by atoms with Crippen molar-refractivity contribution in [2.45, 2.75) is 32.6 Å². The number of benzene rings is 2. The van der Waals surface area contributed by atoms with Crippen LogP contribution in [0.1, 0.15) is 40.2 Å². The summed E-state index contributed by atoms with van der Waals surface area (Å²) < 4.78 is 0. The van der Waals surface area contributed by atoms with Crippen molar-refractivity contribution in [3.63, 3.8) is 0 Å². The monoisotopic (exact) mass is 386 g/mol. The second-order valence-corrected chi connectivity index (χ2v) is 7.42. The number of para-hydroxylation sites is 1. The number of fused-ring (bicyclic) bond motifs is 1. The maximum absolute atomic E-state index is 12.7. The number of nitrogens with one attached hydrogen (secondary N) is 1. The lowest BCUT2D eigenvalue weighted by atomic mass is 10.0. The van der Waals surface area contributed by atoms with Gasteiger partial charge in [-0.15, -0.1) is 0 Å². The second kappa shape index (κ2) is 8.86. The van der Waals surface area contributed by atoms with Gasteiger partial charge >= 0.3 is 0 Å². The van der Waals surface area contributed by atoms with Crippen LogP contribution in [0, 0.1) is 6.92 Å². The molecule has 1 amide bonds. The Morgan fingerprint density at radius 1 is 1.07 bits per heavy atom. The molecule has 0 saturated carbocycles. The maximum Gasteiger partial charge on any atom is 0.270 e. The van der Waals surface area contributed by atoms with Gasteiger partial charge < -0.3 is 10.2 Å². The van der Waals surface area contributed by atoms with Crippen LogP contribution in [-0.4, -0.2) is 29.0 Å². The van der Waals surface area contributed by atoms with Crippen LogP contribution in [0.4, 0.5) is 11.6 Å². The first kappa shape index (κ1) is 19.1. The molecule has 2 aromatic carbocycles. The minimum atomic E-state index is -0.143. The number of amides is 1. The van der Waals surface area contributed by atoms with Crippen molar-refractivity contribution in [1.82, 2.24) is 15.3 Å². The molecular weight excluding hydrogens is 360 g/mol. The predicted octanol–water partition coefficient (Wildman–Crippen LogP) is 4.23. The highest BCUT2D eigenvalue weighted by atomic mass is 16.1. The van der Waals surface area contributed by atoms with Gasteiger partial charge in [0.2, 0.25) is 5.95 Å². The molecule has 0 atom stereocenters. The van der Waals surface area contributed by atoms with E-state index in [9.17, 15) is 4.79 Å². The van der Waals surface area contributed by atoms with Crippen molar-refractivity contribution in [3.05, 3.63) is 83.2 Å². The number of carbonyl (C=O) groups excluding carboxylic acids is 1. The SMILES string of the molecule is Cc1cc(C(=O)NCCCc2ccccc2)nc(N2CCCc3ccccc32)n1. The fraction of sp³-hybridized carbons (Fsp3) is 0.292. The largest absolute Gasteiger partial charge is 0.351 e. The summed E-state index contributed by atoms with van der Waals surface area (Å²) in [6.45, 7) is 3.39. The van der Waals surface area contributed by atoms with Crippen molar-refractivity contribution in [3.8, 4) is 0 Å². The molecule has 4 rings (SSSR count). The number of carbonyl (C=O) groups is 1. The summed E-state index contributed by atoms with van der Waals surface area (Å²) in [4.78, 5) is 24.0. The minimum absolute atomic E-state index is 0.143. The first-order valence-corrected chi connectivity index (χ1v) is 10.2. The average molecular weight is 386 g/mol. The summed E-state index contributed by atoms with van der Waals surface area (Å²) in [5, 5.41) is 3.00. The van der Waals surface area contributed by atoms with Crippen LogP contribution in [0.5, 0.6) is 0 Å². The van der Waals surface area contributed by atoms with Crippen LogP contribution >= 0.6 is 0 Å². The van der Waals surface area contributed by atoms with E-state index < -0.39 is 0 Å². The molecule has 1 aliphatic rings. The van der Waals surface area contributed by atoms with Gasteiger partial charge in [0, 0.05) is 24.5 Å². The molecule has 0 saturated heterocycles. The van der Waals surface area contributed by atoms with E-state index in [0.29, 0.717) is 18.2 Å². The van der Waals surface area contributed by atoms with Crippen LogP contribution in [0.2, 0.25) is 0 Å². The molecule has 0 spiro atoms. The Bertz CT molecular complexity index is 987. The van der Waals surface area contributed by atoms with Crippen molar-refractivity contribution in [2.24, 2.45) is 0 Å². The van der Waals surface area contributed by atoms with Crippen molar-refractivity contribution >= 4 is 17.5 Å². The average Bonchev–Trinajstić information content (AvgIpc) is 2.76. The maximum atomic E-state index is 12.7. The number of hydrogen-bond acceptors (Lipinski definition) is 4. The molecule has 0 bridgehead atoms. The number of aromatic nitrogens is 2. The summed E-state index contributed by atoms with van der Waals surface area (Å²) in [7, 11) is 0. The molecular formula is C24H26N4O. The Hall–Kier alpha value is -3.21. The zero-order valence-corrected chi connectivity index (χ0v) is 16.8. The molecule has 29 heavy (non-hydrogen) atoms. The van der Waals surface area contributed by atoms with E-state index in [1.165, 1.54) is 11.1 Å². The van der Waals surface area contributed by atoms with Crippen LogP contribution in [0.25, 0.3) is 0 Å². The van der Waals surface area contributed by atoms with Gasteiger partial charge in [-0.1, -0.05) is 48.5 Å². The third-order valence-corrected chi connectivity index (χ3v) is 5.20. The molecule has 0 unspecified atom stereocenters. The van der Waals surface area contributed by atoms with Crippen LogP contribution in [0.15, 0.2) is 60.7 Å². The number of nitrogens with zero attached hydrogens (tertiary/aromatic N) is 3. The van der Waals surface area contributed by atoms with E-state index in [0.717, 1.165) is 43.6 Å². The number of anilines is 2. The topological polar surface area (TPSA) is 58.1 Å². The zero-order chi connectivity index (χ0) is 20.1. The first-order chi connectivity index (χ1) is 14.2. The van der Waals surface area contributed by atoms with Crippen molar-refractivity contribution < 1.29 is 4.79 Å². The summed E-state index contributed by atoms with van der Waals surface area (Å²) in [6, 6.07) is 20.4. The normalized spacial score (nSPS) is 13.1. The summed E-state index contributed by atoms with van der Waals surface area (Å²) in [5.74, 6) is 0.460. The Balaban J connectivity index is 1.44. The predicted molar refractivity (Wildman–Crippen MR) is 116 cm³/mol. The third-order valence-electron chi connectivity index (χ3n) is 5.20. The van der Waals surface area contributed by atoms with E-state index in [1.54, 1.807) is 6.07 Å². The number of hydrogen-bond donors (Lipinski definition) is 1. The highest BCUT2D eigenvalue weighted by molar-refractivity contribution is 5.92. The van der Waals surface area contributed by atoms with Crippen LogP contribution in [-0.2, 0) is 12.8 Å². The highest BCUT2D eigenvalue weighted by Crippen LogP contribution is 2.31. The number of aryl methyl sites for hydroxylation is 3. The van der Waals surface area contributed by atoms with Gasteiger partial charge in [-0.05, 0) is 55.9 Å². The standard InChI is InChI=1S/C24H26N4O/c1-18-17-21(23(29)25-15-7-11-19-9-3-2-4-10-19)27-24(26-18)28-16-8-13-20-12-5-6-14-22(20)28/h2-6,9-10,12,14,17H,7-8,11,13,15-16H2,1H3,(H,25,29). The molecule has 1 aromatic heterocycles. The fourth-order valence-electron chi connectivity index (χ4n) is 3.76. The lowest BCUT2D eigenvalue weighted by Crippen LogP contribution is -2.29. The Morgan fingerprint density at radius 2 is 1.86 bits per heavy atom. The molecule has 0 aliphatic carbocycles. The van der Waals surface area contributed by atoms with Crippen molar-refractivity contribution in [2.75, 3.05) is 18.0 Å². The van der Waals surface area contributed by atoms with Gasteiger partial charge in [-0.2, -0.15) is 0 Å². The third kappa shape index (κ3) is 4.62. The van der Waals surface area contributed by atoms with Gasteiger partial charge in [0.1, 0.15) is 5.69 Å². The Morgan fingerprint density at radius 3 is 2.72 bits per heavy atom. The molecule has 3 aromatic rings. The molecule has 5 heteroatoms. The molecule has 5 nitrogen and oxygen atoms in total. The summed E-state index contributed by atoms with van der Waals surface area (Å²) in [6.07, 6.45) is 3.95. The fourth-order valence-corrected chi connectivity index (χ4v) is 3.76. The van der Waals surface area contributed by atoms with Gasteiger partial charge in [0.15, 0.2) is 0 Å². The van der Waals surface area contributed by atoms with E-state index in [4.69, 9.17) is 0 Å². The summed E-state index contributed by atoms with van der Waals surface area (Å²) in [5.41, 5.74) is 4.95. The van der Waals surface area contributed by atoms with Gasteiger partial charge in [-0.3, -0.25) is 4.79 Å². The smallest absolute Gasteiger partial charge is 0.270 e. The minimum Gasteiger partial charge on any atom is -0.351 e. The zero-order valence-electron chi connectivity index (χ0n) is 16.8. The first-order valence-electron chi connectivity index (χ1n) is 10.2. The molecule has 0 fully saturated rings. The Labute approximate surface area is 171 Å². The van der Waals surface area contributed by atoms with Gasteiger partial charge in [0.25, 0.3) is 5.91 Å². The summed E-state index contributed by atoms with van der Waals surface area (Å²) >= 11 is 0. The van der Waals surface area contributed by atoms with Crippen molar-refractivity contribution in [1.29, 1.82) is 0 Å². The molecule has 0 radical (unpaired) electrons. The van der Waals surface area contributed by atoms with Crippen LogP contribution in [0.3, 0.4) is 0 Å². The van der Waals surface area contributed by atoms with Gasteiger partial charge in [-0.25, -0.2) is 9.97 Å². The van der Waals surface area contributed by atoms with E-state index in [2.05, 4.69) is 50.5 Å². The molecule has 1 aliphatic heterocycles. The Kier molecular flexibility index (Phi) is 5.84. The molecule has 148 valence electrons. The highest BCUT2D eigenvalue weighted by Gasteiger charge is 2.21. The van der Waals surface area contributed by atoms with E-state index in [-0.39, 0.29) is 5.91 Å². The van der Waals surface area contributed by atoms with Gasteiger partial charge in [0.05, 0.1) is 0 Å². The van der Waals surface area contributed by atoms with E-state index >= 15 is 0 Å². The lowest BCUT2D eigenvalue weighted by molar-refractivity contribution is 0.0948. The number of rotatable bonds is 6. The lowest BCUT2D eigenvalue weighted by Gasteiger charge is -2.29.